The Kier molecular flexibility index (Phi) is 20.1. The standard InChI is InChI=1S/C45H74N6O7/c1-14-18-19-20-23-32(11)42(55)49(13)39(31(10)16-3)45(58)48(12)38(30(9)15-2)41(54)46-36(28(5)6)40(53)47-37(29(7)8)44(57)51-27-22-25-34(51)43(56)50-26-21-24-33(50)35(52)17-4/h1,23,28-31,33-34,36-39H,15-22,24-27H2,2-13H3,(H,46,54)(H,47,53)/b32-23+/t30-,31-,33-,34-,36-,37-,38-,39-/m0/s1. The molecule has 58 heavy (non-hydrogen) atoms. The zero-order chi connectivity index (χ0) is 44.0. The molecule has 0 bridgehead atoms. The van der Waals surface area contributed by atoms with Gasteiger partial charge < -0.3 is 30.2 Å². The Labute approximate surface area is 348 Å². The van der Waals surface area contributed by atoms with E-state index in [1.807, 2.05) is 47.6 Å². The second-order valence-electron chi connectivity index (χ2n) is 17.2. The van der Waals surface area contributed by atoms with Crippen molar-refractivity contribution in [3.63, 3.8) is 0 Å². The molecule has 2 heterocycles. The first-order valence-electron chi connectivity index (χ1n) is 21.7. The van der Waals surface area contributed by atoms with Gasteiger partial charge in [-0.25, -0.2) is 0 Å². The Morgan fingerprint density at radius 2 is 1.29 bits per heavy atom. The molecule has 0 unspecified atom stereocenters. The zero-order valence-electron chi connectivity index (χ0n) is 37.6. The molecule has 0 aromatic heterocycles. The molecular weight excluding hydrogens is 737 g/mol. The monoisotopic (exact) mass is 811 g/mol. The number of carbonyl (C=O) groups is 7. The third-order valence-electron chi connectivity index (χ3n) is 12.3. The number of Topliss-reactive ketones (excluding diaryl/α,β-unsaturated/α-hetero) is 1. The van der Waals surface area contributed by atoms with Crippen molar-refractivity contribution in [2.75, 3.05) is 27.2 Å². The summed E-state index contributed by atoms with van der Waals surface area (Å²) < 4.78 is 0. The summed E-state index contributed by atoms with van der Waals surface area (Å²) in [4.78, 5) is 103. The van der Waals surface area contributed by atoms with Crippen LogP contribution in [0.4, 0.5) is 0 Å². The predicted octanol–water partition coefficient (Wildman–Crippen LogP) is 4.73. The SMILES string of the molecule is C#CCCC/C=C(\C)C(=O)N(C)[C@H](C(=O)N(C)[C@H](C(=O)N[C@H](C(=O)N[C@H](C(=O)N1CCC[C@H]1C(=O)N1CCC[C@H]1C(=O)CC)C(C)C)C(C)C)[C@@H](C)CC)[C@@H](C)CC. The van der Waals surface area contributed by atoms with Crippen LogP contribution in [0, 0.1) is 36.0 Å². The number of likely N-dealkylation sites (N-methyl/N-ethyl adjacent to an activating group) is 2. The number of carbonyl (C=O) groups excluding carboxylic acids is 7. The number of likely N-dealkylation sites (tertiary alicyclic amines) is 2. The topological polar surface area (TPSA) is 157 Å². The van der Waals surface area contributed by atoms with Gasteiger partial charge in [0.25, 0.3) is 0 Å². The molecule has 2 fully saturated rings. The number of ketones is 1. The largest absolute Gasteiger partial charge is 0.342 e. The van der Waals surface area contributed by atoms with Gasteiger partial charge >= 0.3 is 0 Å². The van der Waals surface area contributed by atoms with Crippen LogP contribution in [-0.2, 0) is 33.6 Å². The summed E-state index contributed by atoms with van der Waals surface area (Å²) in [6, 6.07) is -5.01. The second kappa shape index (κ2) is 23.4. The normalized spacial score (nSPS) is 20.1. The maximum atomic E-state index is 14.4. The van der Waals surface area contributed by atoms with Gasteiger partial charge in [0.15, 0.2) is 5.78 Å². The van der Waals surface area contributed by atoms with Gasteiger partial charge in [0.05, 0.1) is 6.04 Å². The van der Waals surface area contributed by atoms with E-state index in [1.165, 1.54) is 9.80 Å². The smallest absolute Gasteiger partial charge is 0.249 e. The van der Waals surface area contributed by atoms with Crippen LogP contribution in [-0.4, -0.2) is 124 Å². The van der Waals surface area contributed by atoms with Crippen LogP contribution in [0.1, 0.15) is 133 Å². The van der Waals surface area contributed by atoms with Gasteiger partial charge in [-0.3, -0.25) is 33.6 Å². The van der Waals surface area contributed by atoms with Crippen molar-refractivity contribution in [3.8, 4) is 12.3 Å². The molecule has 2 N–H and O–H groups in total. The minimum atomic E-state index is -1.05. The lowest BCUT2D eigenvalue weighted by Gasteiger charge is -2.39. The second-order valence-corrected chi connectivity index (χ2v) is 17.2. The molecule has 6 amide bonds. The van der Waals surface area contributed by atoms with Crippen LogP contribution in [0.2, 0.25) is 0 Å². The fraction of sp³-hybridized carbons (Fsp3) is 0.756. The number of terminal acetylenes is 1. The summed E-state index contributed by atoms with van der Waals surface area (Å²) in [5, 5.41) is 5.84. The van der Waals surface area contributed by atoms with E-state index in [2.05, 4.69) is 16.6 Å². The van der Waals surface area contributed by atoms with Gasteiger partial charge in [0.1, 0.15) is 30.2 Å². The van der Waals surface area contributed by atoms with Crippen molar-refractivity contribution in [1.29, 1.82) is 0 Å². The lowest BCUT2D eigenvalue weighted by molar-refractivity contribution is -0.150. The third-order valence-corrected chi connectivity index (χ3v) is 12.3. The van der Waals surface area contributed by atoms with Crippen LogP contribution in [0.25, 0.3) is 0 Å². The first kappa shape index (κ1) is 49.9. The lowest BCUT2D eigenvalue weighted by Crippen LogP contribution is -2.62. The highest BCUT2D eigenvalue weighted by atomic mass is 16.2. The number of rotatable bonds is 21. The highest BCUT2D eigenvalue weighted by Crippen LogP contribution is 2.28. The molecule has 2 saturated heterocycles. The molecule has 0 aromatic carbocycles. The number of hydrogen-bond acceptors (Lipinski definition) is 7. The molecule has 8 atom stereocenters. The van der Waals surface area contributed by atoms with Crippen LogP contribution in [0.5, 0.6) is 0 Å². The number of nitrogens with zero attached hydrogens (tertiary/aromatic N) is 4. The van der Waals surface area contributed by atoms with Crippen molar-refractivity contribution >= 4 is 41.2 Å². The first-order chi connectivity index (χ1) is 27.3. The number of allylic oxidation sites excluding steroid dienone is 1. The van der Waals surface area contributed by atoms with Gasteiger partial charge in [-0.15, -0.1) is 12.3 Å². The molecule has 13 nitrogen and oxygen atoms in total. The third kappa shape index (κ3) is 12.4. The van der Waals surface area contributed by atoms with Crippen molar-refractivity contribution in [3.05, 3.63) is 11.6 Å². The number of unbranched alkanes of at least 4 members (excludes halogenated alkanes) is 2. The maximum absolute atomic E-state index is 14.4. The van der Waals surface area contributed by atoms with Crippen LogP contribution in [0.15, 0.2) is 11.6 Å². The van der Waals surface area contributed by atoms with E-state index in [0.717, 1.165) is 12.8 Å². The van der Waals surface area contributed by atoms with Crippen molar-refractivity contribution < 1.29 is 33.6 Å². The summed E-state index contributed by atoms with van der Waals surface area (Å²) in [6.45, 7) is 19.2. The molecule has 0 saturated carbocycles. The van der Waals surface area contributed by atoms with E-state index in [-0.39, 0.29) is 53.1 Å². The Balaban J connectivity index is 2.33. The van der Waals surface area contributed by atoms with E-state index in [0.29, 0.717) is 70.0 Å². The maximum Gasteiger partial charge on any atom is 0.249 e. The number of nitrogens with one attached hydrogen (secondary N) is 2. The average molecular weight is 811 g/mol. The van der Waals surface area contributed by atoms with Crippen LogP contribution in [0.3, 0.4) is 0 Å². The lowest BCUT2D eigenvalue weighted by atomic mass is 9.92. The molecular formula is C45H74N6O7. The van der Waals surface area contributed by atoms with Gasteiger partial charge in [-0.2, -0.15) is 0 Å². The Morgan fingerprint density at radius 1 is 0.759 bits per heavy atom. The summed E-state index contributed by atoms with van der Waals surface area (Å²) in [5.74, 6) is -0.952. The quantitative estimate of drug-likeness (QED) is 0.0966. The fourth-order valence-corrected chi connectivity index (χ4v) is 8.20. The predicted molar refractivity (Wildman–Crippen MR) is 227 cm³/mol. The molecule has 2 aliphatic heterocycles. The summed E-state index contributed by atoms with van der Waals surface area (Å²) in [6.07, 6.45) is 13.2. The Bertz CT molecular complexity index is 1530. The molecule has 0 radical (unpaired) electrons. The van der Waals surface area contributed by atoms with Gasteiger partial charge in [0, 0.05) is 45.6 Å². The molecule has 0 spiro atoms. The zero-order valence-corrected chi connectivity index (χ0v) is 37.6. The van der Waals surface area contributed by atoms with E-state index in [1.54, 1.807) is 51.6 Å². The minimum Gasteiger partial charge on any atom is -0.342 e. The Morgan fingerprint density at radius 3 is 1.83 bits per heavy atom. The molecule has 326 valence electrons. The molecule has 13 heteroatoms. The van der Waals surface area contributed by atoms with Gasteiger partial charge in [-0.1, -0.05) is 81.2 Å². The molecule has 2 rings (SSSR count). The van der Waals surface area contributed by atoms with Crippen molar-refractivity contribution in [2.24, 2.45) is 23.7 Å². The van der Waals surface area contributed by atoms with Crippen molar-refractivity contribution in [1.82, 2.24) is 30.2 Å². The fourth-order valence-electron chi connectivity index (χ4n) is 8.20. The van der Waals surface area contributed by atoms with E-state index < -0.39 is 48.1 Å². The highest BCUT2D eigenvalue weighted by molar-refractivity contribution is 5.99. The number of hydrogen-bond donors (Lipinski definition) is 2. The minimum absolute atomic E-state index is 0.0193. The average Bonchev–Trinajstić information content (AvgIpc) is 3.90. The summed E-state index contributed by atoms with van der Waals surface area (Å²) in [7, 11) is 3.19. The van der Waals surface area contributed by atoms with Crippen molar-refractivity contribution in [2.45, 2.75) is 170 Å². The first-order valence-corrected chi connectivity index (χ1v) is 21.7. The van der Waals surface area contributed by atoms with Crippen LogP contribution >= 0.6 is 0 Å². The van der Waals surface area contributed by atoms with Crippen LogP contribution < -0.4 is 10.6 Å². The Hall–Kier alpha value is -4.21. The molecule has 0 aliphatic carbocycles. The number of amides is 6. The summed E-state index contributed by atoms with van der Waals surface area (Å²) >= 11 is 0. The van der Waals surface area contributed by atoms with Gasteiger partial charge in [-0.05, 0) is 69.1 Å². The van der Waals surface area contributed by atoms with E-state index >= 15 is 0 Å². The highest BCUT2D eigenvalue weighted by Gasteiger charge is 2.45. The molecule has 2 aliphatic rings. The molecule has 0 aromatic rings. The van der Waals surface area contributed by atoms with Gasteiger partial charge in [0.2, 0.25) is 35.4 Å². The summed E-state index contributed by atoms with van der Waals surface area (Å²) in [5.41, 5.74) is 0.513. The van der Waals surface area contributed by atoms with E-state index in [9.17, 15) is 33.6 Å². The van der Waals surface area contributed by atoms with E-state index in [4.69, 9.17) is 6.42 Å².